The highest BCUT2D eigenvalue weighted by Crippen LogP contribution is 2.30. The Morgan fingerprint density at radius 2 is 1.90 bits per heavy atom. The molecule has 5 rings (SSSR count). The third-order valence-electron chi connectivity index (χ3n) is 5.92. The predicted octanol–water partition coefficient (Wildman–Crippen LogP) is 4.35. The molecule has 0 spiro atoms. The van der Waals surface area contributed by atoms with Gasteiger partial charge in [0, 0.05) is 35.8 Å². The van der Waals surface area contributed by atoms with E-state index in [1.54, 1.807) is 6.20 Å². The molecule has 2 aromatic heterocycles. The topological polar surface area (TPSA) is 85.7 Å². The SMILES string of the molecule is Cc1cc2nc(-c3cc(C(=O)N4CC(c5ccc(C#N)cc5)C4)ccc3C)[nH]c2cn1. The number of likely N-dealkylation sites (tertiary alicyclic amines) is 1. The maximum Gasteiger partial charge on any atom is 0.253 e. The summed E-state index contributed by atoms with van der Waals surface area (Å²) in [6.07, 6.45) is 1.79. The molecule has 152 valence electrons. The monoisotopic (exact) mass is 407 g/mol. The van der Waals surface area contributed by atoms with Crippen LogP contribution in [0.2, 0.25) is 0 Å². The summed E-state index contributed by atoms with van der Waals surface area (Å²) in [6.45, 7) is 5.33. The normalized spacial score (nSPS) is 13.8. The third-order valence-corrected chi connectivity index (χ3v) is 5.92. The van der Waals surface area contributed by atoms with Gasteiger partial charge in [0.25, 0.3) is 5.91 Å². The summed E-state index contributed by atoms with van der Waals surface area (Å²) in [4.78, 5) is 27.3. The molecule has 6 nitrogen and oxygen atoms in total. The second-order valence-electron chi connectivity index (χ2n) is 8.10. The average Bonchev–Trinajstić information content (AvgIpc) is 3.16. The number of H-pyrrole nitrogens is 1. The first-order chi connectivity index (χ1) is 15.0. The van der Waals surface area contributed by atoms with E-state index >= 15 is 0 Å². The molecule has 31 heavy (non-hydrogen) atoms. The van der Waals surface area contributed by atoms with Gasteiger partial charge < -0.3 is 9.88 Å². The van der Waals surface area contributed by atoms with E-state index in [0.717, 1.165) is 33.7 Å². The van der Waals surface area contributed by atoms with Crippen molar-refractivity contribution < 1.29 is 4.79 Å². The van der Waals surface area contributed by atoms with Crippen molar-refractivity contribution >= 4 is 16.9 Å². The van der Waals surface area contributed by atoms with Crippen LogP contribution < -0.4 is 0 Å². The standard InChI is InChI=1S/C25H21N5O/c1-15-3-6-19(10-21(15)24-28-22-9-16(2)27-12-23(22)29-24)25(31)30-13-20(14-30)18-7-4-17(11-26)5-8-18/h3-10,12,20H,13-14H2,1-2H3,(H,28,29). The Morgan fingerprint density at radius 1 is 1.13 bits per heavy atom. The number of aromatic amines is 1. The molecule has 2 aromatic carbocycles. The van der Waals surface area contributed by atoms with Crippen molar-refractivity contribution in [2.45, 2.75) is 19.8 Å². The molecule has 1 amide bonds. The largest absolute Gasteiger partial charge is 0.337 e. The number of imidazole rings is 1. The molecule has 1 fully saturated rings. The zero-order valence-electron chi connectivity index (χ0n) is 17.4. The van der Waals surface area contributed by atoms with E-state index in [1.165, 1.54) is 5.56 Å². The molecule has 0 unspecified atom stereocenters. The summed E-state index contributed by atoms with van der Waals surface area (Å²) in [6, 6.07) is 17.5. The molecule has 1 aliphatic heterocycles. The summed E-state index contributed by atoms with van der Waals surface area (Å²) in [5.41, 5.74) is 7.12. The molecule has 1 aliphatic rings. The highest BCUT2D eigenvalue weighted by molar-refractivity contribution is 5.96. The number of rotatable bonds is 3. The molecule has 3 heterocycles. The smallest absolute Gasteiger partial charge is 0.253 e. The molecule has 0 bridgehead atoms. The fourth-order valence-corrected chi connectivity index (χ4v) is 4.02. The van der Waals surface area contributed by atoms with Gasteiger partial charge in [-0.1, -0.05) is 18.2 Å². The van der Waals surface area contributed by atoms with Gasteiger partial charge in [0.1, 0.15) is 5.82 Å². The zero-order valence-corrected chi connectivity index (χ0v) is 17.4. The van der Waals surface area contributed by atoms with Crippen LogP contribution in [0, 0.1) is 25.2 Å². The summed E-state index contributed by atoms with van der Waals surface area (Å²) >= 11 is 0. The van der Waals surface area contributed by atoms with Gasteiger partial charge in [0.2, 0.25) is 0 Å². The van der Waals surface area contributed by atoms with Gasteiger partial charge >= 0.3 is 0 Å². The van der Waals surface area contributed by atoms with E-state index in [4.69, 9.17) is 10.2 Å². The Balaban J connectivity index is 1.36. The number of nitrogens with one attached hydrogen (secondary N) is 1. The fraction of sp³-hybridized carbons (Fsp3) is 0.200. The molecule has 0 saturated carbocycles. The number of amides is 1. The van der Waals surface area contributed by atoms with Gasteiger partial charge in [0.15, 0.2) is 0 Å². The number of aromatic nitrogens is 3. The Labute approximate surface area is 180 Å². The first kappa shape index (κ1) is 19.0. The van der Waals surface area contributed by atoms with Crippen molar-refractivity contribution in [1.29, 1.82) is 5.26 Å². The van der Waals surface area contributed by atoms with E-state index < -0.39 is 0 Å². The lowest BCUT2D eigenvalue weighted by atomic mass is 9.90. The number of aryl methyl sites for hydroxylation is 2. The van der Waals surface area contributed by atoms with Crippen molar-refractivity contribution in [1.82, 2.24) is 19.9 Å². The van der Waals surface area contributed by atoms with Crippen molar-refractivity contribution in [2.24, 2.45) is 0 Å². The van der Waals surface area contributed by atoms with Crippen molar-refractivity contribution in [2.75, 3.05) is 13.1 Å². The van der Waals surface area contributed by atoms with Crippen molar-refractivity contribution in [3.05, 3.63) is 82.7 Å². The fourth-order valence-electron chi connectivity index (χ4n) is 4.02. The molecule has 1 N–H and O–H groups in total. The van der Waals surface area contributed by atoms with Gasteiger partial charge in [0.05, 0.1) is 28.9 Å². The van der Waals surface area contributed by atoms with E-state index in [2.05, 4.69) is 16.0 Å². The minimum atomic E-state index is 0.0276. The quantitative estimate of drug-likeness (QED) is 0.547. The maximum absolute atomic E-state index is 13.1. The van der Waals surface area contributed by atoms with Crippen LogP contribution in [-0.2, 0) is 0 Å². The lowest BCUT2D eigenvalue weighted by molar-refractivity contribution is 0.0602. The number of nitrogens with zero attached hydrogens (tertiary/aromatic N) is 4. The average molecular weight is 407 g/mol. The molecule has 0 atom stereocenters. The number of hydrogen-bond donors (Lipinski definition) is 1. The van der Waals surface area contributed by atoms with Crippen LogP contribution in [0.1, 0.15) is 38.7 Å². The number of carbonyl (C=O) groups excluding carboxylic acids is 1. The van der Waals surface area contributed by atoms with Crippen LogP contribution >= 0.6 is 0 Å². The highest BCUT2D eigenvalue weighted by atomic mass is 16.2. The minimum Gasteiger partial charge on any atom is -0.337 e. The number of carbonyl (C=O) groups is 1. The van der Waals surface area contributed by atoms with Gasteiger partial charge in [-0.2, -0.15) is 5.26 Å². The van der Waals surface area contributed by atoms with Crippen LogP contribution in [-0.4, -0.2) is 38.8 Å². The second kappa shape index (κ2) is 7.37. The number of pyridine rings is 1. The van der Waals surface area contributed by atoms with E-state index in [1.807, 2.05) is 67.3 Å². The first-order valence-corrected chi connectivity index (χ1v) is 10.2. The molecular formula is C25H21N5O. The predicted molar refractivity (Wildman–Crippen MR) is 119 cm³/mol. The number of benzene rings is 2. The maximum atomic E-state index is 13.1. The van der Waals surface area contributed by atoms with Crippen LogP contribution in [0.25, 0.3) is 22.4 Å². The molecule has 4 aromatic rings. The molecule has 0 radical (unpaired) electrons. The molecule has 6 heteroatoms. The van der Waals surface area contributed by atoms with Gasteiger partial charge in [-0.3, -0.25) is 9.78 Å². The number of fused-ring (bicyclic) bond motifs is 1. The molecule has 0 aliphatic carbocycles. The Hall–Kier alpha value is -3.98. The first-order valence-electron chi connectivity index (χ1n) is 10.2. The van der Waals surface area contributed by atoms with Crippen LogP contribution in [0.15, 0.2) is 54.7 Å². The Morgan fingerprint density at radius 3 is 2.65 bits per heavy atom. The van der Waals surface area contributed by atoms with Crippen molar-refractivity contribution in [3.63, 3.8) is 0 Å². The van der Waals surface area contributed by atoms with Crippen LogP contribution in [0.5, 0.6) is 0 Å². The van der Waals surface area contributed by atoms with Crippen LogP contribution in [0.3, 0.4) is 0 Å². The second-order valence-corrected chi connectivity index (χ2v) is 8.10. The van der Waals surface area contributed by atoms with E-state index in [-0.39, 0.29) is 5.91 Å². The third kappa shape index (κ3) is 3.44. The lowest BCUT2D eigenvalue weighted by Crippen LogP contribution is -2.48. The van der Waals surface area contributed by atoms with E-state index in [0.29, 0.717) is 30.1 Å². The minimum absolute atomic E-state index is 0.0276. The van der Waals surface area contributed by atoms with Gasteiger partial charge in [-0.25, -0.2) is 4.98 Å². The van der Waals surface area contributed by atoms with Gasteiger partial charge in [-0.05, 0) is 55.3 Å². The van der Waals surface area contributed by atoms with Crippen LogP contribution in [0.4, 0.5) is 0 Å². The summed E-state index contributed by atoms with van der Waals surface area (Å²) in [7, 11) is 0. The Bertz CT molecular complexity index is 1340. The summed E-state index contributed by atoms with van der Waals surface area (Å²) in [5, 5.41) is 8.94. The zero-order chi connectivity index (χ0) is 21.5. The molecular weight excluding hydrogens is 386 g/mol. The molecule has 1 saturated heterocycles. The van der Waals surface area contributed by atoms with Crippen molar-refractivity contribution in [3.8, 4) is 17.5 Å². The summed E-state index contributed by atoms with van der Waals surface area (Å²) in [5.74, 6) is 1.08. The van der Waals surface area contributed by atoms with E-state index in [9.17, 15) is 4.79 Å². The number of nitriles is 1. The number of hydrogen-bond acceptors (Lipinski definition) is 4. The Kier molecular flexibility index (Phi) is 4.52. The summed E-state index contributed by atoms with van der Waals surface area (Å²) < 4.78 is 0. The highest BCUT2D eigenvalue weighted by Gasteiger charge is 2.32. The lowest BCUT2D eigenvalue weighted by Gasteiger charge is -2.39. The van der Waals surface area contributed by atoms with Gasteiger partial charge in [-0.15, -0.1) is 0 Å².